The molecule has 2 rings (SSSR count). The second kappa shape index (κ2) is 7.71. The molecule has 0 radical (unpaired) electrons. The van der Waals surface area contributed by atoms with Crippen LogP contribution in [0.4, 0.5) is 0 Å². The molecule has 1 N–H and O–H groups in total. The van der Waals surface area contributed by atoms with Crippen molar-refractivity contribution in [3.63, 3.8) is 0 Å². The van der Waals surface area contributed by atoms with Gasteiger partial charge in [-0.1, -0.05) is 23.7 Å². The third-order valence-electron chi connectivity index (χ3n) is 3.00. The Kier molecular flexibility index (Phi) is 5.67. The minimum Gasteiger partial charge on any atom is -0.508 e. The van der Waals surface area contributed by atoms with Crippen molar-refractivity contribution in [1.82, 2.24) is 0 Å². The van der Waals surface area contributed by atoms with Gasteiger partial charge in [0.2, 0.25) is 0 Å². The Hall–Kier alpha value is -2.20. The predicted molar refractivity (Wildman–Crippen MR) is 84.3 cm³/mol. The lowest BCUT2D eigenvalue weighted by molar-refractivity contribution is -0.151. The maximum absolute atomic E-state index is 12.1. The molecule has 4 nitrogen and oxygen atoms in total. The number of esters is 1. The van der Waals surface area contributed by atoms with Gasteiger partial charge in [0, 0.05) is 11.4 Å². The number of aromatic hydroxyl groups is 1. The summed E-state index contributed by atoms with van der Waals surface area (Å²) >= 11 is 5.83. The highest BCUT2D eigenvalue weighted by Gasteiger charge is 2.22. The summed E-state index contributed by atoms with van der Waals surface area (Å²) in [7, 11) is 0. The van der Waals surface area contributed by atoms with Crippen molar-refractivity contribution >= 4 is 17.6 Å². The average molecular weight is 321 g/mol. The average Bonchev–Trinajstić information content (AvgIpc) is 2.51. The fraction of sp³-hybridized carbons (Fsp3) is 0.235. The molecule has 2 aromatic carbocycles. The van der Waals surface area contributed by atoms with Crippen LogP contribution in [0, 0.1) is 0 Å². The molecule has 0 heterocycles. The fourth-order valence-electron chi connectivity index (χ4n) is 1.93. The van der Waals surface area contributed by atoms with Gasteiger partial charge in [-0.3, -0.25) is 0 Å². The number of rotatable bonds is 6. The van der Waals surface area contributed by atoms with Gasteiger partial charge in [-0.2, -0.15) is 0 Å². The molecule has 0 saturated carbocycles. The monoisotopic (exact) mass is 320 g/mol. The van der Waals surface area contributed by atoms with Crippen LogP contribution >= 0.6 is 11.6 Å². The third-order valence-corrected chi connectivity index (χ3v) is 3.25. The van der Waals surface area contributed by atoms with Crippen molar-refractivity contribution in [2.24, 2.45) is 0 Å². The number of hydrogen-bond acceptors (Lipinski definition) is 4. The normalized spacial score (nSPS) is 11.7. The Balaban J connectivity index is 2.13. The molecule has 0 spiro atoms. The summed E-state index contributed by atoms with van der Waals surface area (Å²) in [5.74, 6) is 0.293. The van der Waals surface area contributed by atoms with E-state index in [0.717, 1.165) is 5.56 Å². The van der Waals surface area contributed by atoms with E-state index in [-0.39, 0.29) is 12.4 Å². The van der Waals surface area contributed by atoms with E-state index in [1.165, 1.54) is 0 Å². The number of benzene rings is 2. The second-order valence-corrected chi connectivity index (χ2v) is 5.12. The van der Waals surface area contributed by atoms with Gasteiger partial charge in [0.05, 0.1) is 6.61 Å². The number of halogens is 1. The van der Waals surface area contributed by atoms with Crippen molar-refractivity contribution in [1.29, 1.82) is 0 Å². The molecule has 1 unspecified atom stereocenters. The first-order valence-corrected chi connectivity index (χ1v) is 7.33. The van der Waals surface area contributed by atoms with Gasteiger partial charge in [0.25, 0.3) is 0 Å². The van der Waals surface area contributed by atoms with Crippen LogP contribution in [0.1, 0.15) is 12.5 Å². The van der Waals surface area contributed by atoms with Gasteiger partial charge in [-0.05, 0) is 48.9 Å². The van der Waals surface area contributed by atoms with E-state index in [4.69, 9.17) is 21.1 Å². The quantitative estimate of drug-likeness (QED) is 0.826. The SMILES string of the molecule is CCOC(=O)C(Cc1ccc(O)cc1)Oc1ccc(Cl)cc1. The lowest BCUT2D eigenvalue weighted by Crippen LogP contribution is -2.31. The Morgan fingerprint density at radius 2 is 1.77 bits per heavy atom. The van der Waals surface area contributed by atoms with E-state index in [0.29, 0.717) is 17.2 Å². The summed E-state index contributed by atoms with van der Waals surface area (Å²) in [5, 5.41) is 9.91. The van der Waals surface area contributed by atoms with E-state index in [1.54, 1.807) is 55.5 Å². The molecule has 0 aromatic heterocycles. The molecule has 0 aliphatic heterocycles. The van der Waals surface area contributed by atoms with E-state index < -0.39 is 12.1 Å². The van der Waals surface area contributed by atoms with Crippen molar-refractivity contribution < 1.29 is 19.4 Å². The third kappa shape index (κ3) is 4.67. The van der Waals surface area contributed by atoms with Crippen LogP contribution in [0.25, 0.3) is 0 Å². The molecule has 0 aliphatic rings. The number of phenols is 1. The van der Waals surface area contributed by atoms with E-state index in [2.05, 4.69) is 0 Å². The molecular weight excluding hydrogens is 304 g/mol. The van der Waals surface area contributed by atoms with E-state index >= 15 is 0 Å². The molecule has 0 aliphatic carbocycles. The maximum atomic E-state index is 12.1. The van der Waals surface area contributed by atoms with Crippen LogP contribution < -0.4 is 4.74 Å². The standard InChI is InChI=1S/C17H17ClO4/c1-2-21-17(20)16(11-12-3-7-14(19)8-4-12)22-15-9-5-13(18)6-10-15/h3-10,16,19H,2,11H2,1H3. The summed E-state index contributed by atoms with van der Waals surface area (Å²) in [4.78, 5) is 12.1. The van der Waals surface area contributed by atoms with E-state index in [9.17, 15) is 9.90 Å². The van der Waals surface area contributed by atoms with Crippen LogP contribution in [0.5, 0.6) is 11.5 Å². The summed E-state index contributed by atoms with van der Waals surface area (Å²) in [6.07, 6.45) is -0.410. The van der Waals surface area contributed by atoms with Gasteiger partial charge in [-0.15, -0.1) is 0 Å². The fourth-order valence-corrected chi connectivity index (χ4v) is 2.06. The zero-order valence-corrected chi connectivity index (χ0v) is 12.9. The van der Waals surface area contributed by atoms with Gasteiger partial charge in [0.1, 0.15) is 11.5 Å². The lowest BCUT2D eigenvalue weighted by atomic mass is 10.1. The number of phenolic OH excluding ortho intramolecular Hbond substituents is 1. The van der Waals surface area contributed by atoms with Crippen LogP contribution in [-0.2, 0) is 16.0 Å². The van der Waals surface area contributed by atoms with Gasteiger partial charge < -0.3 is 14.6 Å². The van der Waals surface area contributed by atoms with E-state index in [1.807, 2.05) is 0 Å². The smallest absolute Gasteiger partial charge is 0.347 e. The summed E-state index contributed by atoms with van der Waals surface area (Å²) in [6, 6.07) is 13.4. The number of ether oxygens (including phenoxy) is 2. The second-order valence-electron chi connectivity index (χ2n) is 4.68. The molecule has 0 saturated heterocycles. The highest BCUT2D eigenvalue weighted by Crippen LogP contribution is 2.19. The van der Waals surface area contributed by atoms with Gasteiger partial charge >= 0.3 is 5.97 Å². The summed E-state index contributed by atoms with van der Waals surface area (Å²) in [6.45, 7) is 2.03. The molecule has 2 aromatic rings. The van der Waals surface area contributed by atoms with Crippen LogP contribution in [0.2, 0.25) is 5.02 Å². The van der Waals surface area contributed by atoms with Gasteiger partial charge in [-0.25, -0.2) is 4.79 Å². The lowest BCUT2D eigenvalue weighted by Gasteiger charge is -2.18. The zero-order chi connectivity index (χ0) is 15.9. The van der Waals surface area contributed by atoms with Crippen molar-refractivity contribution in [2.75, 3.05) is 6.61 Å². The number of carbonyl (C=O) groups excluding carboxylic acids is 1. The number of hydrogen-bond donors (Lipinski definition) is 1. The highest BCUT2D eigenvalue weighted by molar-refractivity contribution is 6.30. The highest BCUT2D eigenvalue weighted by atomic mass is 35.5. The largest absolute Gasteiger partial charge is 0.508 e. The first-order chi connectivity index (χ1) is 10.6. The molecule has 0 fully saturated rings. The molecule has 5 heteroatoms. The van der Waals surface area contributed by atoms with Crippen molar-refractivity contribution in [3.8, 4) is 11.5 Å². The minimum atomic E-state index is -0.759. The van der Waals surface area contributed by atoms with Crippen LogP contribution in [-0.4, -0.2) is 23.8 Å². The minimum absolute atomic E-state index is 0.176. The predicted octanol–water partition coefficient (Wildman–Crippen LogP) is 3.60. The topological polar surface area (TPSA) is 55.8 Å². The maximum Gasteiger partial charge on any atom is 0.347 e. The molecule has 1 atom stereocenters. The molecule has 0 bridgehead atoms. The first-order valence-electron chi connectivity index (χ1n) is 6.95. The summed E-state index contributed by atoms with van der Waals surface area (Å²) in [5.41, 5.74) is 0.866. The first kappa shape index (κ1) is 16.2. The molecular formula is C17H17ClO4. The Morgan fingerprint density at radius 1 is 1.14 bits per heavy atom. The Bertz CT molecular complexity index is 560. The molecule has 0 amide bonds. The Morgan fingerprint density at radius 3 is 2.36 bits per heavy atom. The molecule has 22 heavy (non-hydrogen) atoms. The Labute approximate surface area is 134 Å². The van der Waals surface area contributed by atoms with Crippen LogP contribution in [0.3, 0.4) is 0 Å². The number of carbonyl (C=O) groups is 1. The van der Waals surface area contributed by atoms with Crippen molar-refractivity contribution in [3.05, 3.63) is 59.1 Å². The summed E-state index contributed by atoms with van der Waals surface area (Å²) < 4.78 is 10.8. The zero-order valence-electron chi connectivity index (χ0n) is 12.2. The van der Waals surface area contributed by atoms with Crippen LogP contribution in [0.15, 0.2) is 48.5 Å². The van der Waals surface area contributed by atoms with Gasteiger partial charge in [0.15, 0.2) is 6.10 Å². The van der Waals surface area contributed by atoms with Crippen molar-refractivity contribution in [2.45, 2.75) is 19.4 Å². The molecule has 116 valence electrons.